The second-order valence-corrected chi connectivity index (χ2v) is 7.69. The summed E-state index contributed by atoms with van der Waals surface area (Å²) >= 11 is 0. The highest BCUT2D eigenvalue weighted by Crippen LogP contribution is 2.33. The zero-order valence-electron chi connectivity index (χ0n) is 16.5. The fraction of sp³-hybridized carbons (Fsp3) is 0.571. The van der Waals surface area contributed by atoms with Gasteiger partial charge in [0.05, 0.1) is 0 Å². The van der Waals surface area contributed by atoms with E-state index in [4.69, 9.17) is 9.47 Å². The Hall–Kier alpha value is -1.72. The first kappa shape index (κ1) is 21.6. The van der Waals surface area contributed by atoms with E-state index < -0.39 is 0 Å². The Balaban J connectivity index is 0.00000261. The third kappa shape index (κ3) is 5.88. The van der Waals surface area contributed by atoms with Crippen molar-refractivity contribution in [2.75, 3.05) is 34.0 Å². The second-order valence-electron chi connectivity index (χ2n) is 7.69. The molecular formula is C21H31ClN2O3. The Labute approximate surface area is 168 Å². The third-order valence-corrected chi connectivity index (χ3v) is 5.31. The van der Waals surface area contributed by atoms with Crippen LogP contribution in [0.1, 0.15) is 38.2 Å². The van der Waals surface area contributed by atoms with Crippen LogP contribution in [0.4, 0.5) is 0 Å². The highest BCUT2D eigenvalue weighted by Gasteiger charge is 2.26. The number of amides is 1. The van der Waals surface area contributed by atoms with Gasteiger partial charge < -0.3 is 19.3 Å². The van der Waals surface area contributed by atoms with Crippen molar-refractivity contribution in [2.24, 2.45) is 5.92 Å². The van der Waals surface area contributed by atoms with Gasteiger partial charge in [0, 0.05) is 25.2 Å². The second kappa shape index (κ2) is 10.00. The van der Waals surface area contributed by atoms with Crippen LogP contribution in [0.25, 0.3) is 6.08 Å². The average molecular weight is 395 g/mol. The fourth-order valence-electron chi connectivity index (χ4n) is 3.61. The van der Waals surface area contributed by atoms with Crippen LogP contribution in [-0.2, 0) is 4.79 Å². The van der Waals surface area contributed by atoms with Crippen LogP contribution in [-0.4, -0.2) is 55.7 Å². The zero-order valence-corrected chi connectivity index (χ0v) is 17.3. The summed E-state index contributed by atoms with van der Waals surface area (Å²) in [5, 5.41) is 0. The van der Waals surface area contributed by atoms with E-state index in [0.29, 0.717) is 6.04 Å². The summed E-state index contributed by atoms with van der Waals surface area (Å²) in [6.45, 7) is 4.23. The molecule has 0 radical (unpaired) electrons. The number of benzene rings is 1. The van der Waals surface area contributed by atoms with Gasteiger partial charge in [-0.15, -0.1) is 12.4 Å². The lowest BCUT2D eigenvalue weighted by atomic mass is 9.86. The number of hydrogen-bond acceptors (Lipinski definition) is 4. The molecule has 150 valence electrons. The van der Waals surface area contributed by atoms with Crippen LogP contribution >= 0.6 is 12.4 Å². The van der Waals surface area contributed by atoms with Gasteiger partial charge in [-0.3, -0.25) is 4.79 Å². The van der Waals surface area contributed by atoms with Gasteiger partial charge in [-0.25, -0.2) is 0 Å². The number of halogens is 1. The van der Waals surface area contributed by atoms with E-state index in [9.17, 15) is 4.79 Å². The summed E-state index contributed by atoms with van der Waals surface area (Å²) in [7, 11) is 4.10. The smallest absolute Gasteiger partial charge is 0.246 e. The topological polar surface area (TPSA) is 42.0 Å². The first-order chi connectivity index (χ1) is 12.5. The minimum atomic E-state index is 0. The van der Waals surface area contributed by atoms with Gasteiger partial charge in [0.2, 0.25) is 12.7 Å². The summed E-state index contributed by atoms with van der Waals surface area (Å²) in [4.78, 5) is 17.1. The van der Waals surface area contributed by atoms with Crippen molar-refractivity contribution in [3.05, 3.63) is 29.8 Å². The monoisotopic (exact) mass is 394 g/mol. The molecule has 1 aliphatic carbocycles. The molecule has 0 atom stereocenters. The molecule has 27 heavy (non-hydrogen) atoms. The van der Waals surface area contributed by atoms with Crippen molar-refractivity contribution in [2.45, 2.75) is 38.6 Å². The maximum atomic E-state index is 12.9. The molecule has 1 aliphatic heterocycles. The molecule has 6 heteroatoms. The number of hydrogen-bond donors (Lipinski definition) is 0. The van der Waals surface area contributed by atoms with Gasteiger partial charge in [-0.05, 0) is 69.5 Å². The maximum absolute atomic E-state index is 12.9. The lowest BCUT2D eigenvalue weighted by Crippen LogP contribution is -2.44. The van der Waals surface area contributed by atoms with Crippen molar-refractivity contribution in [1.82, 2.24) is 9.80 Å². The highest BCUT2D eigenvalue weighted by molar-refractivity contribution is 5.92. The van der Waals surface area contributed by atoms with Crippen LogP contribution in [0.2, 0.25) is 0 Å². The molecule has 3 rings (SSSR count). The van der Waals surface area contributed by atoms with Crippen LogP contribution in [0.15, 0.2) is 24.3 Å². The summed E-state index contributed by atoms with van der Waals surface area (Å²) in [6, 6.07) is 6.11. The fourth-order valence-corrected chi connectivity index (χ4v) is 3.61. The van der Waals surface area contributed by atoms with Gasteiger partial charge in [0.15, 0.2) is 11.5 Å². The molecule has 0 unspecified atom stereocenters. The minimum Gasteiger partial charge on any atom is -0.454 e. The third-order valence-electron chi connectivity index (χ3n) is 5.31. The van der Waals surface area contributed by atoms with Crippen LogP contribution in [0.3, 0.4) is 0 Å². The molecule has 1 aromatic carbocycles. The van der Waals surface area contributed by atoms with Gasteiger partial charge in [-0.2, -0.15) is 0 Å². The largest absolute Gasteiger partial charge is 0.454 e. The highest BCUT2D eigenvalue weighted by atomic mass is 35.5. The number of fused-ring (bicyclic) bond motifs is 1. The normalized spacial score (nSPS) is 21.3. The number of nitrogens with zero attached hydrogens (tertiary/aromatic N) is 2. The molecule has 1 fully saturated rings. The van der Waals surface area contributed by atoms with E-state index in [0.717, 1.165) is 48.9 Å². The summed E-state index contributed by atoms with van der Waals surface area (Å²) < 4.78 is 10.7. The van der Waals surface area contributed by atoms with Crippen molar-refractivity contribution >= 4 is 24.4 Å². The Morgan fingerprint density at radius 3 is 2.52 bits per heavy atom. The molecule has 0 spiro atoms. The number of rotatable bonds is 6. The molecule has 0 aromatic heterocycles. The Morgan fingerprint density at radius 1 is 1.11 bits per heavy atom. The molecule has 0 bridgehead atoms. The van der Waals surface area contributed by atoms with E-state index in [1.165, 1.54) is 12.8 Å². The molecule has 0 saturated heterocycles. The number of likely N-dealkylation sites (N-methyl/N-ethyl adjacent to an activating group) is 1. The van der Waals surface area contributed by atoms with E-state index in [1.807, 2.05) is 38.4 Å². The van der Waals surface area contributed by atoms with Gasteiger partial charge in [-0.1, -0.05) is 13.0 Å². The van der Waals surface area contributed by atoms with Gasteiger partial charge in [0.1, 0.15) is 0 Å². The van der Waals surface area contributed by atoms with E-state index in [2.05, 4.69) is 16.7 Å². The lowest BCUT2D eigenvalue weighted by Gasteiger charge is -2.36. The summed E-state index contributed by atoms with van der Waals surface area (Å²) in [5.74, 6) is 2.38. The first-order valence-electron chi connectivity index (χ1n) is 9.56. The molecule has 1 saturated carbocycles. The average Bonchev–Trinajstić information content (AvgIpc) is 3.09. The SMILES string of the molecule is CC1CCC(N(CCN(C)C)C(=O)C=Cc2ccc3c(c2)OCO3)CC1.Cl. The van der Waals surface area contributed by atoms with E-state index in [-0.39, 0.29) is 25.1 Å². The van der Waals surface area contributed by atoms with Crippen LogP contribution in [0, 0.1) is 5.92 Å². The molecule has 0 N–H and O–H groups in total. The van der Waals surface area contributed by atoms with Crippen molar-refractivity contribution in [1.29, 1.82) is 0 Å². The summed E-state index contributed by atoms with van der Waals surface area (Å²) in [6.07, 6.45) is 8.21. The maximum Gasteiger partial charge on any atom is 0.246 e. The predicted molar refractivity (Wildman–Crippen MR) is 111 cm³/mol. The van der Waals surface area contributed by atoms with Gasteiger partial charge >= 0.3 is 0 Å². The van der Waals surface area contributed by atoms with Crippen molar-refractivity contribution in [3.63, 3.8) is 0 Å². The molecule has 2 aliphatic rings. The first-order valence-corrected chi connectivity index (χ1v) is 9.56. The minimum absolute atomic E-state index is 0. The molecule has 1 amide bonds. The standard InChI is InChI=1S/C21H30N2O3.ClH/c1-16-4-8-18(9-5-16)23(13-12-22(2)3)21(24)11-7-17-6-10-19-20(14-17)26-15-25-19;/h6-7,10-11,14,16,18H,4-5,8-9,12-13,15H2,1-3H3;1H. The number of carbonyl (C=O) groups excluding carboxylic acids is 1. The quantitative estimate of drug-likeness (QED) is 0.688. The number of ether oxygens (including phenoxy) is 2. The van der Waals surface area contributed by atoms with Crippen LogP contribution < -0.4 is 9.47 Å². The predicted octanol–water partition coefficient (Wildman–Crippen LogP) is 3.82. The Kier molecular flexibility index (Phi) is 7.99. The lowest BCUT2D eigenvalue weighted by molar-refractivity contribution is -0.129. The molecular weight excluding hydrogens is 364 g/mol. The van der Waals surface area contributed by atoms with Crippen LogP contribution in [0.5, 0.6) is 11.5 Å². The molecule has 5 nitrogen and oxygen atoms in total. The van der Waals surface area contributed by atoms with Crippen molar-refractivity contribution in [3.8, 4) is 11.5 Å². The van der Waals surface area contributed by atoms with Gasteiger partial charge in [0.25, 0.3) is 0 Å². The summed E-state index contributed by atoms with van der Waals surface area (Å²) in [5.41, 5.74) is 0.951. The molecule has 1 heterocycles. The van der Waals surface area contributed by atoms with E-state index in [1.54, 1.807) is 6.08 Å². The number of carbonyl (C=O) groups is 1. The molecule has 1 aromatic rings. The Morgan fingerprint density at radius 2 is 1.81 bits per heavy atom. The van der Waals surface area contributed by atoms with E-state index >= 15 is 0 Å². The Bertz CT molecular complexity index is 655. The van der Waals surface area contributed by atoms with Crippen molar-refractivity contribution < 1.29 is 14.3 Å². The zero-order chi connectivity index (χ0) is 18.5.